The van der Waals surface area contributed by atoms with E-state index in [4.69, 9.17) is 4.74 Å². The Bertz CT molecular complexity index is 501. The maximum Gasteiger partial charge on any atom is 0.130 e. The van der Waals surface area contributed by atoms with Gasteiger partial charge in [-0.15, -0.1) is 0 Å². The third-order valence-electron chi connectivity index (χ3n) is 2.67. The molecule has 0 saturated carbocycles. The summed E-state index contributed by atoms with van der Waals surface area (Å²) in [6, 6.07) is 14.9. The van der Waals surface area contributed by atoms with Crippen LogP contribution in [0, 0.1) is 5.92 Å². The quantitative estimate of drug-likeness (QED) is 0.862. The van der Waals surface area contributed by atoms with Crippen LogP contribution in [0.4, 0.5) is 0 Å². The van der Waals surface area contributed by atoms with Crippen molar-refractivity contribution in [3.05, 3.63) is 54.1 Å². The van der Waals surface area contributed by atoms with Gasteiger partial charge in [0.25, 0.3) is 0 Å². The fourth-order valence-electron chi connectivity index (χ4n) is 1.85. The van der Waals surface area contributed by atoms with Crippen molar-refractivity contribution in [3.63, 3.8) is 0 Å². The molecule has 0 fully saturated rings. The summed E-state index contributed by atoms with van der Waals surface area (Å²) in [4.78, 5) is 0. The molecule has 2 aromatic carbocycles. The van der Waals surface area contributed by atoms with Crippen molar-refractivity contribution >= 4 is 0 Å². The second-order valence-corrected chi connectivity index (χ2v) is 4.80. The maximum atomic E-state index is 9.24. The Kier molecular flexibility index (Phi) is 3.88. The third kappa shape index (κ3) is 3.27. The first-order chi connectivity index (χ1) is 8.65. The molecule has 2 nitrogen and oxygen atoms in total. The molecule has 0 aliphatic rings. The monoisotopic (exact) mass is 242 g/mol. The summed E-state index contributed by atoms with van der Waals surface area (Å²) in [5, 5.41) is 9.24. The second kappa shape index (κ2) is 5.58. The predicted molar refractivity (Wildman–Crippen MR) is 73.2 cm³/mol. The first-order valence-corrected chi connectivity index (χ1v) is 6.20. The number of rotatable bonds is 4. The molecule has 2 heteroatoms. The Labute approximate surface area is 108 Å². The van der Waals surface area contributed by atoms with Gasteiger partial charge in [0.15, 0.2) is 0 Å². The van der Waals surface area contributed by atoms with E-state index in [9.17, 15) is 5.11 Å². The number of ether oxygens (including phenoxy) is 1. The van der Waals surface area contributed by atoms with E-state index in [-0.39, 0.29) is 5.75 Å². The van der Waals surface area contributed by atoms with Gasteiger partial charge in [-0.2, -0.15) is 0 Å². The number of hydrogen-bond donors (Lipinski definition) is 1. The van der Waals surface area contributed by atoms with Gasteiger partial charge in [-0.05, 0) is 48.2 Å². The number of benzene rings is 2. The van der Waals surface area contributed by atoms with Crippen molar-refractivity contribution in [3.8, 4) is 17.2 Å². The number of phenols is 1. The molecular formula is C16H18O2. The van der Waals surface area contributed by atoms with E-state index in [0.717, 1.165) is 17.9 Å². The van der Waals surface area contributed by atoms with Crippen LogP contribution in [0.1, 0.15) is 19.4 Å². The minimum atomic E-state index is 0.248. The van der Waals surface area contributed by atoms with Crippen LogP contribution in [0.15, 0.2) is 48.5 Å². The van der Waals surface area contributed by atoms with Gasteiger partial charge in [0, 0.05) is 0 Å². The summed E-state index contributed by atoms with van der Waals surface area (Å²) in [6.07, 6.45) is 0.994. The highest BCUT2D eigenvalue weighted by Gasteiger charge is 2.06. The van der Waals surface area contributed by atoms with E-state index in [2.05, 4.69) is 19.9 Å². The van der Waals surface area contributed by atoms with Crippen molar-refractivity contribution in [1.29, 1.82) is 0 Å². The van der Waals surface area contributed by atoms with Gasteiger partial charge in [0.1, 0.15) is 17.2 Å². The zero-order chi connectivity index (χ0) is 13.0. The molecule has 0 unspecified atom stereocenters. The van der Waals surface area contributed by atoms with Crippen LogP contribution < -0.4 is 4.74 Å². The lowest BCUT2D eigenvalue weighted by Gasteiger charge is -2.12. The van der Waals surface area contributed by atoms with Crippen LogP contribution in [-0.4, -0.2) is 5.11 Å². The summed E-state index contributed by atoms with van der Waals surface area (Å²) >= 11 is 0. The van der Waals surface area contributed by atoms with Crippen molar-refractivity contribution < 1.29 is 9.84 Å². The van der Waals surface area contributed by atoms with E-state index >= 15 is 0 Å². The van der Waals surface area contributed by atoms with E-state index in [0.29, 0.717) is 5.92 Å². The summed E-state index contributed by atoms with van der Waals surface area (Å²) in [6.45, 7) is 4.38. The molecule has 0 bridgehead atoms. The van der Waals surface area contributed by atoms with Gasteiger partial charge in [-0.3, -0.25) is 0 Å². The lowest BCUT2D eigenvalue weighted by molar-refractivity contribution is 0.459. The molecular weight excluding hydrogens is 224 g/mol. The van der Waals surface area contributed by atoms with Gasteiger partial charge in [-0.1, -0.05) is 32.0 Å². The van der Waals surface area contributed by atoms with Crippen molar-refractivity contribution in [2.45, 2.75) is 20.3 Å². The number of hydrogen-bond acceptors (Lipinski definition) is 2. The zero-order valence-corrected chi connectivity index (χ0v) is 10.8. The normalized spacial score (nSPS) is 10.6. The molecule has 0 amide bonds. The Hall–Kier alpha value is -1.96. The fourth-order valence-corrected chi connectivity index (χ4v) is 1.85. The van der Waals surface area contributed by atoms with Crippen LogP contribution in [-0.2, 0) is 6.42 Å². The summed E-state index contributed by atoms with van der Waals surface area (Å²) in [7, 11) is 0. The second-order valence-electron chi connectivity index (χ2n) is 4.80. The Balaban J connectivity index is 2.20. The van der Waals surface area contributed by atoms with E-state index in [1.165, 1.54) is 5.56 Å². The average Bonchev–Trinajstić information content (AvgIpc) is 2.34. The van der Waals surface area contributed by atoms with Gasteiger partial charge in [-0.25, -0.2) is 0 Å². The molecule has 0 aliphatic heterocycles. The molecule has 0 radical (unpaired) electrons. The molecule has 94 valence electrons. The Morgan fingerprint density at radius 2 is 1.67 bits per heavy atom. The van der Waals surface area contributed by atoms with Crippen LogP contribution in [0.3, 0.4) is 0 Å². The minimum Gasteiger partial charge on any atom is -0.508 e. The smallest absolute Gasteiger partial charge is 0.130 e. The summed E-state index contributed by atoms with van der Waals surface area (Å²) < 4.78 is 5.85. The van der Waals surface area contributed by atoms with E-state index in [1.807, 2.05) is 18.2 Å². The summed E-state index contributed by atoms with van der Waals surface area (Å²) in [5.41, 5.74) is 1.21. The highest BCUT2D eigenvalue weighted by atomic mass is 16.5. The van der Waals surface area contributed by atoms with E-state index in [1.54, 1.807) is 24.3 Å². The SMILES string of the molecule is CC(C)Cc1ccccc1Oc1ccc(O)cc1. The van der Waals surface area contributed by atoms with Crippen molar-refractivity contribution in [1.82, 2.24) is 0 Å². The van der Waals surface area contributed by atoms with E-state index < -0.39 is 0 Å². The van der Waals surface area contributed by atoms with Gasteiger partial charge in [0.2, 0.25) is 0 Å². The standard InChI is InChI=1S/C16H18O2/c1-12(2)11-13-5-3-4-6-16(13)18-15-9-7-14(17)8-10-15/h3-10,12,17H,11H2,1-2H3. The molecule has 0 saturated heterocycles. The largest absolute Gasteiger partial charge is 0.508 e. The molecule has 0 atom stereocenters. The number of aromatic hydroxyl groups is 1. The molecule has 1 N–H and O–H groups in total. The molecule has 2 rings (SSSR count). The Morgan fingerprint density at radius 3 is 2.33 bits per heavy atom. The van der Waals surface area contributed by atoms with Gasteiger partial charge >= 0.3 is 0 Å². The summed E-state index contributed by atoms with van der Waals surface area (Å²) in [5.74, 6) is 2.47. The van der Waals surface area contributed by atoms with Crippen molar-refractivity contribution in [2.24, 2.45) is 5.92 Å². The molecule has 2 aromatic rings. The topological polar surface area (TPSA) is 29.5 Å². The van der Waals surface area contributed by atoms with Crippen LogP contribution in [0.2, 0.25) is 0 Å². The Morgan fingerprint density at radius 1 is 1.00 bits per heavy atom. The molecule has 0 heterocycles. The lowest BCUT2D eigenvalue weighted by Crippen LogP contribution is -1.97. The first-order valence-electron chi connectivity index (χ1n) is 6.20. The zero-order valence-electron chi connectivity index (χ0n) is 10.8. The van der Waals surface area contributed by atoms with Gasteiger partial charge in [0.05, 0.1) is 0 Å². The molecule has 0 aliphatic carbocycles. The van der Waals surface area contributed by atoms with Crippen LogP contribution in [0.5, 0.6) is 17.2 Å². The fraction of sp³-hybridized carbons (Fsp3) is 0.250. The first kappa shape index (κ1) is 12.5. The predicted octanol–water partition coefficient (Wildman–Crippen LogP) is 4.38. The lowest BCUT2D eigenvalue weighted by atomic mass is 10.0. The maximum absolute atomic E-state index is 9.24. The van der Waals surface area contributed by atoms with Crippen LogP contribution >= 0.6 is 0 Å². The molecule has 0 aromatic heterocycles. The minimum absolute atomic E-state index is 0.248. The van der Waals surface area contributed by atoms with Crippen LogP contribution in [0.25, 0.3) is 0 Å². The van der Waals surface area contributed by atoms with Gasteiger partial charge < -0.3 is 9.84 Å². The highest BCUT2D eigenvalue weighted by Crippen LogP contribution is 2.27. The number of phenolic OH excluding ortho intramolecular Hbond substituents is 1. The number of para-hydroxylation sites is 1. The third-order valence-corrected chi connectivity index (χ3v) is 2.67. The van der Waals surface area contributed by atoms with Crippen molar-refractivity contribution in [2.75, 3.05) is 0 Å². The molecule has 18 heavy (non-hydrogen) atoms. The highest BCUT2D eigenvalue weighted by molar-refractivity contribution is 5.39. The molecule has 0 spiro atoms. The average molecular weight is 242 g/mol.